The molecule has 5 atom stereocenters. The highest BCUT2D eigenvalue weighted by Gasteiger charge is 2.35. The molecule has 18 heavy (non-hydrogen) atoms. The number of hydrogen-bond donors (Lipinski definition) is 1. The predicted molar refractivity (Wildman–Crippen MR) is 78.8 cm³/mol. The Hall–Kier alpha value is -0.0800. The fraction of sp³-hybridized carbons (Fsp3) is 1.00. The van der Waals surface area contributed by atoms with Crippen LogP contribution in [0.1, 0.15) is 53.9 Å². The summed E-state index contributed by atoms with van der Waals surface area (Å²) in [5.74, 6) is 3.11. The lowest BCUT2D eigenvalue weighted by Crippen LogP contribution is -2.49. The van der Waals surface area contributed by atoms with Crippen LogP contribution in [0.4, 0.5) is 0 Å². The van der Waals surface area contributed by atoms with Crippen molar-refractivity contribution >= 4 is 0 Å². The molecule has 1 N–H and O–H groups in total. The first-order chi connectivity index (χ1) is 8.51. The second kappa shape index (κ2) is 7.49. The van der Waals surface area contributed by atoms with Crippen LogP contribution in [0.2, 0.25) is 0 Å². The van der Waals surface area contributed by atoms with E-state index in [1.54, 1.807) is 0 Å². The van der Waals surface area contributed by atoms with Gasteiger partial charge in [0.15, 0.2) is 0 Å². The molecular weight excluding hydrogens is 222 g/mol. The molecule has 0 saturated heterocycles. The van der Waals surface area contributed by atoms with Crippen molar-refractivity contribution in [2.45, 2.75) is 66.0 Å². The van der Waals surface area contributed by atoms with Gasteiger partial charge in [-0.15, -0.1) is 0 Å². The molecule has 0 aliphatic heterocycles. The van der Waals surface area contributed by atoms with Gasteiger partial charge in [0.2, 0.25) is 0 Å². The van der Waals surface area contributed by atoms with E-state index in [4.69, 9.17) is 4.74 Å². The third-order valence-corrected chi connectivity index (χ3v) is 4.85. The normalized spacial score (nSPS) is 32.5. The van der Waals surface area contributed by atoms with Gasteiger partial charge in [-0.25, -0.2) is 0 Å². The van der Waals surface area contributed by atoms with E-state index in [2.05, 4.69) is 47.0 Å². The van der Waals surface area contributed by atoms with Crippen molar-refractivity contribution < 1.29 is 4.74 Å². The second-order valence-electron chi connectivity index (χ2n) is 6.51. The van der Waals surface area contributed by atoms with Crippen molar-refractivity contribution in [3.8, 4) is 0 Å². The van der Waals surface area contributed by atoms with E-state index < -0.39 is 0 Å². The minimum atomic E-state index is 0.352. The van der Waals surface area contributed by atoms with Crippen molar-refractivity contribution in [3.05, 3.63) is 0 Å². The topological polar surface area (TPSA) is 21.3 Å². The van der Waals surface area contributed by atoms with Gasteiger partial charge in [0.25, 0.3) is 0 Å². The lowest BCUT2D eigenvalue weighted by Gasteiger charge is -2.41. The van der Waals surface area contributed by atoms with Crippen molar-refractivity contribution in [3.63, 3.8) is 0 Å². The Balaban J connectivity index is 2.69. The molecule has 0 bridgehead atoms. The molecule has 1 fully saturated rings. The molecule has 1 aliphatic rings. The number of likely N-dealkylation sites (N-methyl/N-ethyl adjacent to an activating group) is 1. The maximum atomic E-state index is 6.01. The SMILES string of the molecule is CCOC(C(C)C)C(NC)C1CCC(C)C(C)C1. The molecule has 1 saturated carbocycles. The van der Waals surface area contributed by atoms with Crippen molar-refractivity contribution in [1.29, 1.82) is 0 Å². The Bertz CT molecular complexity index is 229. The summed E-state index contributed by atoms with van der Waals surface area (Å²) in [6.07, 6.45) is 4.43. The molecule has 1 rings (SSSR count). The molecule has 0 heterocycles. The standard InChI is InChI=1S/C16H33NO/c1-7-18-16(11(2)3)15(17-6)14-9-8-12(4)13(5)10-14/h11-17H,7-10H2,1-6H3. The molecule has 5 unspecified atom stereocenters. The van der Waals surface area contributed by atoms with Crippen LogP contribution in [-0.4, -0.2) is 25.8 Å². The first-order valence-corrected chi connectivity index (χ1v) is 7.80. The fourth-order valence-corrected chi connectivity index (χ4v) is 3.49. The average Bonchev–Trinajstić information content (AvgIpc) is 2.33. The van der Waals surface area contributed by atoms with Crippen molar-refractivity contribution in [2.75, 3.05) is 13.7 Å². The zero-order chi connectivity index (χ0) is 13.7. The van der Waals surface area contributed by atoms with Gasteiger partial charge >= 0.3 is 0 Å². The van der Waals surface area contributed by atoms with Crippen LogP contribution in [0, 0.1) is 23.7 Å². The maximum absolute atomic E-state index is 6.01. The molecule has 0 spiro atoms. The molecule has 0 amide bonds. The fourth-order valence-electron chi connectivity index (χ4n) is 3.49. The van der Waals surface area contributed by atoms with Gasteiger partial charge in [0.05, 0.1) is 6.10 Å². The zero-order valence-electron chi connectivity index (χ0n) is 13.2. The van der Waals surface area contributed by atoms with Gasteiger partial charge in [-0.05, 0) is 50.5 Å². The Kier molecular flexibility index (Phi) is 6.65. The maximum Gasteiger partial charge on any atom is 0.0753 e. The van der Waals surface area contributed by atoms with Crippen LogP contribution in [0.15, 0.2) is 0 Å². The Morgan fingerprint density at radius 2 is 1.83 bits per heavy atom. The van der Waals surface area contributed by atoms with Crippen molar-refractivity contribution in [2.24, 2.45) is 23.7 Å². The quantitative estimate of drug-likeness (QED) is 0.781. The first kappa shape index (κ1) is 16.0. The molecule has 0 aromatic rings. The molecule has 0 radical (unpaired) electrons. The Morgan fingerprint density at radius 3 is 2.28 bits per heavy atom. The number of ether oxygens (including phenoxy) is 1. The first-order valence-electron chi connectivity index (χ1n) is 7.80. The second-order valence-corrected chi connectivity index (χ2v) is 6.51. The van der Waals surface area contributed by atoms with E-state index in [-0.39, 0.29) is 0 Å². The summed E-state index contributed by atoms with van der Waals surface area (Å²) in [6.45, 7) is 12.3. The highest BCUT2D eigenvalue weighted by Crippen LogP contribution is 2.36. The monoisotopic (exact) mass is 255 g/mol. The van der Waals surface area contributed by atoms with E-state index in [0.29, 0.717) is 18.1 Å². The van der Waals surface area contributed by atoms with E-state index in [9.17, 15) is 0 Å². The summed E-state index contributed by atoms with van der Waals surface area (Å²) < 4.78 is 6.01. The molecule has 0 aromatic heterocycles. The van der Waals surface area contributed by atoms with E-state index in [0.717, 1.165) is 24.4 Å². The molecule has 2 nitrogen and oxygen atoms in total. The predicted octanol–water partition coefficient (Wildman–Crippen LogP) is 3.71. The Labute approximate surface area is 114 Å². The van der Waals surface area contributed by atoms with E-state index in [1.165, 1.54) is 19.3 Å². The lowest BCUT2D eigenvalue weighted by atomic mass is 9.71. The van der Waals surface area contributed by atoms with Gasteiger partial charge in [-0.2, -0.15) is 0 Å². The molecule has 108 valence electrons. The minimum Gasteiger partial charge on any atom is -0.377 e. The van der Waals surface area contributed by atoms with Gasteiger partial charge in [-0.1, -0.05) is 34.1 Å². The highest BCUT2D eigenvalue weighted by atomic mass is 16.5. The van der Waals surface area contributed by atoms with E-state index >= 15 is 0 Å². The van der Waals surface area contributed by atoms with Crippen LogP contribution >= 0.6 is 0 Å². The summed E-state index contributed by atoms with van der Waals surface area (Å²) in [5, 5.41) is 3.55. The van der Waals surface area contributed by atoms with Crippen LogP contribution in [0.3, 0.4) is 0 Å². The van der Waals surface area contributed by atoms with Crippen molar-refractivity contribution in [1.82, 2.24) is 5.32 Å². The largest absolute Gasteiger partial charge is 0.377 e. The van der Waals surface area contributed by atoms with Gasteiger partial charge in [0.1, 0.15) is 0 Å². The Morgan fingerprint density at radius 1 is 1.17 bits per heavy atom. The molecule has 0 aromatic carbocycles. The van der Waals surface area contributed by atoms with E-state index in [1.807, 2.05) is 0 Å². The van der Waals surface area contributed by atoms with Crippen LogP contribution < -0.4 is 5.32 Å². The molecular formula is C16H33NO. The summed E-state index contributed by atoms with van der Waals surface area (Å²) in [5.41, 5.74) is 0. The summed E-state index contributed by atoms with van der Waals surface area (Å²) in [6, 6.07) is 0.514. The summed E-state index contributed by atoms with van der Waals surface area (Å²) in [7, 11) is 2.10. The van der Waals surface area contributed by atoms with Gasteiger partial charge < -0.3 is 10.1 Å². The number of hydrogen-bond acceptors (Lipinski definition) is 2. The smallest absolute Gasteiger partial charge is 0.0753 e. The molecule has 2 heteroatoms. The lowest BCUT2D eigenvalue weighted by molar-refractivity contribution is -0.0202. The van der Waals surface area contributed by atoms with Gasteiger partial charge in [0, 0.05) is 12.6 Å². The third-order valence-electron chi connectivity index (χ3n) is 4.85. The average molecular weight is 255 g/mol. The van der Waals surface area contributed by atoms with Gasteiger partial charge in [-0.3, -0.25) is 0 Å². The van der Waals surface area contributed by atoms with Crippen LogP contribution in [0.25, 0.3) is 0 Å². The molecule has 1 aliphatic carbocycles. The number of nitrogens with one attached hydrogen (secondary N) is 1. The van der Waals surface area contributed by atoms with Crippen LogP contribution in [-0.2, 0) is 4.74 Å². The zero-order valence-corrected chi connectivity index (χ0v) is 13.2. The number of rotatable bonds is 6. The summed E-state index contributed by atoms with van der Waals surface area (Å²) in [4.78, 5) is 0. The third kappa shape index (κ3) is 3.96. The summed E-state index contributed by atoms with van der Waals surface area (Å²) >= 11 is 0. The minimum absolute atomic E-state index is 0.352. The van der Waals surface area contributed by atoms with Crippen LogP contribution in [0.5, 0.6) is 0 Å². The highest BCUT2D eigenvalue weighted by molar-refractivity contribution is 4.89.